The quantitative estimate of drug-likeness (QED) is 0.896. The fraction of sp³-hybridized carbons (Fsp3) is 0.333. The number of aromatic nitrogens is 1. The van der Waals surface area contributed by atoms with Crippen LogP contribution in [0.1, 0.15) is 28.8 Å². The average Bonchev–Trinajstić information content (AvgIpc) is 3.21. The molecule has 0 atom stereocenters. The lowest BCUT2D eigenvalue weighted by Crippen LogP contribution is -2.25. The van der Waals surface area contributed by atoms with Crippen LogP contribution in [-0.4, -0.2) is 17.4 Å². The number of carbonyl (C=O) groups excluding carboxylic acids is 1. The predicted molar refractivity (Wildman–Crippen MR) is 71.5 cm³/mol. The van der Waals surface area contributed by atoms with Gasteiger partial charge in [-0.25, -0.2) is 0 Å². The van der Waals surface area contributed by atoms with Gasteiger partial charge in [0.25, 0.3) is 5.91 Å². The summed E-state index contributed by atoms with van der Waals surface area (Å²) < 4.78 is 0. The van der Waals surface area contributed by atoms with Crippen molar-refractivity contribution in [2.75, 3.05) is 6.54 Å². The SMILES string of the molecule is Cc1ccc(C(=O)NCC2CC2)c2ncccc12. The summed E-state index contributed by atoms with van der Waals surface area (Å²) in [6.45, 7) is 2.83. The van der Waals surface area contributed by atoms with Crippen molar-refractivity contribution < 1.29 is 4.79 Å². The highest BCUT2D eigenvalue weighted by Gasteiger charge is 2.22. The van der Waals surface area contributed by atoms with Gasteiger partial charge in [0.2, 0.25) is 0 Å². The van der Waals surface area contributed by atoms with Gasteiger partial charge >= 0.3 is 0 Å². The fourth-order valence-electron chi connectivity index (χ4n) is 2.15. The summed E-state index contributed by atoms with van der Waals surface area (Å²) in [5.74, 6) is 0.684. The van der Waals surface area contributed by atoms with Gasteiger partial charge in [0.1, 0.15) is 0 Å². The van der Waals surface area contributed by atoms with Crippen LogP contribution in [0.5, 0.6) is 0 Å². The maximum Gasteiger partial charge on any atom is 0.253 e. The average molecular weight is 240 g/mol. The van der Waals surface area contributed by atoms with Crippen LogP contribution in [0.4, 0.5) is 0 Å². The standard InChI is InChI=1S/C15H16N2O/c1-10-4-7-13(14-12(10)3-2-8-16-14)15(18)17-9-11-5-6-11/h2-4,7-8,11H,5-6,9H2,1H3,(H,17,18). The Bertz CT molecular complexity index is 602. The molecule has 1 amide bonds. The maximum atomic E-state index is 12.2. The molecule has 1 N–H and O–H groups in total. The van der Waals surface area contributed by atoms with Gasteiger partial charge in [0.05, 0.1) is 11.1 Å². The van der Waals surface area contributed by atoms with Crippen molar-refractivity contribution in [3.8, 4) is 0 Å². The number of nitrogens with zero attached hydrogens (tertiary/aromatic N) is 1. The molecule has 0 bridgehead atoms. The number of benzene rings is 1. The Morgan fingerprint density at radius 1 is 1.39 bits per heavy atom. The molecular weight excluding hydrogens is 224 g/mol. The number of pyridine rings is 1. The van der Waals surface area contributed by atoms with E-state index in [1.165, 1.54) is 12.8 Å². The molecule has 1 aliphatic carbocycles. The van der Waals surface area contributed by atoms with Gasteiger partial charge < -0.3 is 5.32 Å². The van der Waals surface area contributed by atoms with Crippen molar-refractivity contribution in [2.24, 2.45) is 5.92 Å². The third-order valence-electron chi connectivity index (χ3n) is 3.48. The lowest BCUT2D eigenvalue weighted by molar-refractivity contribution is 0.0953. The summed E-state index contributed by atoms with van der Waals surface area (Å²) in [6, 6.07) is 7.76. The number of rotatable bonds is 3. The Labute approximate surface area is 106 Å². The van der Waals surface area contributed by atoms with Crippen LogP contribution < -0.4 is 5.32 Å². The minimum absolute atomic E-state index is 0.00870. The van der Waals surface area contributed by atoms with Crippen molar-refractivity contribution in [1.29, 1.82) is 0 Å². The Kier molecular flexibility index (Phi) is 2.74. The van der Waals surface area contributed by atoms with Crippen molar-refractivity contribution in [3.05, 3.63) is 41.6 Å². The molecule has 3 nitrogen and oxygen atoms in total. The molecule has 3 rings (SSSR count). The van der Waals surface area contributed by atoms with E-state index in [1.54, 1.807) is 6.20 Å². The van der Waals surface area contributed by atoms with Crippen LogP contribution in [0.3, 0.4) is 0 Å². The zero-order valence-corrected chi connectivity index (χ0v) is 10.4. The van der Waals surface area contributed by atoms with Crippen LogP contribution in [-0.2, 0) is 0 Å². The Morgan fingerprint density at radius 3 is 3.00 bits per heavy atom. The molecule has 3 heteroatoms. The third-order valence-corrected chi connectivity index (χ3v) is 3.48. The molecular formula is C15H16N2O. The second-order valence-electron chi connectivity index (χ2n) is 4.98. The zero-order valence-electron chi connectivity index (χ0n) is 10.4. The van der Waals surface area contributed by atoms with E-state index in [0.29, 0.717) is 11.5 Å². The first-order valence-electron chi connectivity index (χ1n) is 6.38. The van der Waals surface area contributed by atoms with Gasteiger partial charge in [-0.15, -0.1) is 0 Å². The van der Waals surface area contributed by atoms with Crippen molar-refractivity contribution in [1.82, 2.24) is 10.3 Å². The molecule has 1 aromatic carbocycles. The van der Waals surface area contributed by atoms with Gasteiger partial charge in [0, 0.05) is 18.1 Å². The molecule has 0 aliphatic heterocycles. The van der Waals surface area contributed by atoms with Crippen LogP contribution in [0.2, 0.25) is 0 Å². The molecule has 0 unspecified atom stereocenters. The van der Waals surface area contributed by atoms with E-state index in [-0.39, 0.29) is 5.91 Å². The van der Waals surface area contributed by atoms with E-state index in [2.05, 4.69) is 10.3 Å². The van der Waals surface area contributed by atoms with Crippen LogP contribution >= 0.6 is 0 Å². The third kappa shape index (κ3) is 2.08. The van der Waals surface area contributed by atoms with Crippen molar-refractivity contribution in [3.63, 3.8) is 0 Å². The molecule has 1 heterocycles. The minimum Gasteiger partial charge on any atom is -0.352 e. The lowest BCUT2D eigenvalue weighted by Gasteiger charge is -2.08. The molecule has 1 fully saturated rings. The highest BCUT2D eigenvalue weighted by molar-refractivity contribution is 6.06. The summed E-state index contributed by atoms with van der Waals surface area (Å²) >= 11 is 0. The van der Waals surface area contributed by atoms with Crippen LogP contribution in [0.15, 0.2) is 30.5 Å². The molecule has 0 radical (unpaired) electrons. The number of nitrogens with one attached hydrogen (secondary N) is 1. The smallest absolute Gasteiger partial charge is 0.253 e. The number of fused-ring (bicyclic) bond motifs is 1. The van der Waals surface area contributed by atoms with E-state index >= 15 is 0 Å². The van der Waals surface area contributed by atoms with E-state index in [1.807, 2.05) is 31.2 Å². The second kappa shape index (κ2) is 4.41. The first-order chi connectivity index (χ1) is 8.75. The van der Waals surface area contributed by atoms with E-state index in [0.717, 1.165) is 23.0 Å². The molecule has 1 aliphatic rings. The first kappa shape index (κ1) is 11.2. The molecule has 18 heavy (non-hydrogen) atoms. The Morgan fingerprint density at radius 2 is 2.22 bits per heavy atom. The molecule has 1 aromatic heterocycles. The normalized spacial score (nSPS) is 14.7. The number of carbonyl (C=O) groups is 1. The van der Waals surface area contributed by atoms with Gasteiger partial charge in [-0.3, -0.25) is 9.78 Å². The summed E-state index contributed by atoms with van der Waals surface area (Å²) in [4.78, 5) is 16.5. The molecule has 2 aromatic rings. The largest absolute Gasteiger partial charge is 0.352 e. The number of hydrogen-bond acceptors (Lipinski definition) is 2. The minimum atomic E-state index is -0.00870. The van der Waals surface area contributed by atoms with Gasteiger partial charge in [-0.1, -0.05) is 12.1 Å². The Hall–Kier alpha value is -1.90. The van der Waals surface area contributed by atoms with E-state index < -0.39 is 0 Å². The fourth-order valence-corrected chi connectivity index (χ4v) is 2.15. The predicted octanol–water partition coefficient (Wildman–Crippen LogP) is 2.68. The van der Waals surface area contributed by atoms with Crippen LogP contribution in [0, 0.1) is 12.8 Å². The lowest BCUT2D eigenvalue weighted by atomic mass is 10.0. The number of amides is 1. The Balaban J connectivity index is 1.95. The van der Waals surface area contributed by atoms with Crippen molar-refractivity contribution >= 4 is 16.8 Å². The molecule has 0 saturated heterocycles. The zero-order chi connectivity index (χ0) is 12.5. The second-order valence-corrected chi connectivity index (χ2v) is 4.98. The van der Waals surface area contributed by atoms with E-state index in [9.17, 15) is 4.79 Å². The van der Waals surface area contributed by atoms with Crippen molar-refractivity contribution in [2.45, 2.75) is 19.8 Å². The summed E-state index contributed by atoms with van der Waals surface area (Å²) in [6.07, 6.45) is 4.22. The summed E-state index contributed by atoms with van der Waals surface area (Å²) in [5.41, 5.74) is 2.62. The number of hydrogen-bond donors (Lipinski definition) is 1. The highest BCUT2D eigenvalue weighted by Crippen LogP contribution is 2.28. The molecule has 92 valence electrons. The maximum absolute atomic E-state index is 12.2. The monoisotopic (exact) mass is 240 g/mol. The number of aryl methyl sites for hydroxylation is 1. The molecule has 1 saturated carbocycles. The van der Waals surface area contributed by atoms with Gasteiger partial charge in [-0.2, -0.15) is 0 Å². The topological polar surface area (TPSA) is 42.0 Å². The van der Waals surface area contributed by atoms with E-state index in [4.69, 9.17) is 0 Å². The molecule has 0 spiro atoms. The van der Waals surface area contributed by atoms with Crippen LogP contribution in [0.25, 0.3) is 10.9 Å². The summed E-state index contributed by atoms with van der Waals surface area (Å²) in [5, 5.41) is 4.05. The van der Waals surface area contributed by atoms with Gasteiger partial charge in [0.15, 0.2) is 0 Å². The first-order valence-corrected chi connectivity index (χ1v) is 6.38. The summed E-state index contributed by atoms with van der Waals surface area (Å²) in [7, 11) is 0. The highest BCUT2D eigenvalue weighted by atomic mass is 16.1. The van der Waals surface area contributed by atoms with Gasteiger partial charge in [-0.05, 0) is 43.4 Å².